The summed E-state index contributed by atoms with van der Waals surface area (Å²) >= 11 is 0. The maximum absolute atomic E-state index is 12.7. The minimum atomic E-state index is -4.56. The molecule has 1 aromatic heterocycles. The summed E-state index contributed by atoms with van der Waals surface area (Å²) in [6.45, 7) is 7.12. The number of benzene rings is 1. The third kappa shape index (κ3) is 7.19. The fourth-order valence-electron chi connectivity index (χ4n) is 2.55. The topological polar surface area (TPSA) is 98.8 Å². The predicted octanol–water partition coefficient (Wildman–Crippen LogP) is 4.05. The first-order valence-electron chi connectivity index (χ1n) is 9.36. The van der Waals surface area contributed by atoms with Crippen molar-refractivity contribution < 1.29 is 37.0 Å². The summed E-state index contributed by atoms with van der Waals surface area (Å²) in [7, 11) is 0. The molecule has 0 aliphatic carbocycles. The number of carbonyl (C=O) groups excluding carboxylic acids is 2. The van der Waals surface area contributed by atoms with Gasteiger partial charge in [-0.2, -0.15) is 13.2 Å². The number of pyridine rings is 1. The molecule has 0 aliphatic rings. The normalized spacial score (nSPS) is 11.7. The highest BCUT2D eigenvalue weighted by Gasteiger charge is 2.29. The summed E-state index contributed by atoms with van der Waals surface area (Å²) < 4.78 is 53.4. The van der Waals surface area contributed by atoms with Crippen molar-refractivity contribution in [2.45, 2.75) is 46.4 Å². The van der Waals surface area contributed by atoms with Crippen LogP contribution in [0.1, 0.15) is 43.7 Å². The largest absolute Gasteiger partial charge is 0.494 e. The van der Waals surface area contributed by atoms with Crippen molar-refractivity contribution in [1.82, 2.24) is 15.8 Å². The van der Waals surface area contributed by atoms with Gasteiger partial charge in [0.1, 0.15) is 28.3 Å². The Labute approximate surface area is 177 Å². The minimum Gasteiger partial charge on any atom is -0.494 e. The van der Waals surface area contributed by atoms with Crippen molar-refractivity contribution in [2.24, 2.45) is 0 Å². The second-order valence-corrected chi connectivity index (χ2v) is 7.56. The predicted molar refractivity (Wildman–Crippen MR) is 106 cm³/mol. The fraction of sp³-hybridized carbons (Fsp3) is 0.450. The van der Waals surface area contributed by atoms with Crippen LogP contribution in [-0.4, -0.2) is 42.0 Å². The van der Waals surface area contributed by atoms with Gasteiger partial charge in [0.15, 0.2) is 6.61 Å². The number of nitrogens with one attached hydrogen (secondary N) is 2. The van der Waals surface area contributed by atoms with Gasteiger partial charge in [-0.1, -0.05) is 0 Å². The average Bonchev–Trinajstić information content (AvgIpc) is 2.63. The van der Waals surface area contributed by atoms with Crippen molar-refractivity contribution in [3.05, 3.63) is 29.5 Å². The molecule has 0 spiro atoms. The molecule has 31 heavy (non-hydrogen) atoms. The van der Waals surface area contributed by atoms with Gasteiger partial charge in [0.25, 0.3) is 5.91 Å². The van der Waals surface area contributed by atoms with Crippen LogP contribution in [0.15, 0.2) is 18.2 Å². The van der Waals surface area contributed by atoms with Crippen molar-refractivity contribution in [3.8, 4) is 11.5 Å². The summed E-state index contributed by atoms with van der Waals surface area (Å²) in [4.78, 5) is 28.3. The Morgan fingerprint density at radius 2 is 1.74 bits per heavy atom. The molecule has 0 aliphatic heterocycles. The number of aryl methyl sites for hydroxylation is 1. The number of hydrogen-bond acceptors (Lipinski definition) is 6. The Morgan fingerprint density at radius 3 is 2.32 bits per heavy atom. The van der Waals surface area contributed by atoms with E-state index in [1.54, 1.807) is 40.7 Å². The second-order valence-electron chi connectivity index (χ2n) is 7.56. The number of rotatable bonds is 5. The van der Waals surface area contributed by atoms with Crippen molar-refractivity contribution in [2.75, 3.05) is 13.2 Å². The van der Waals surface area contributed by atoms with Crippen LogP contribution in [0.25, 0.3) is 10.9 Å². The monoisotopic (exact) mass is 443 g/mol. The SMILES string of the molecule is CCOc1cc(OCC(F)(F)F)c2nc(C(=O)NNC(=O)OC(C)(C)C)cc(C)c2c1. The average molecular weight is 443 g/mol. The Bertz CT molecular complexity index is 971. The Morgan fingerprint density at radius 1 is 1.06 bits per heavy atom. The minimum absolute atomic E-state index is 0.0510. The molecule has 1 heterocycles. The number of alkyl halides is 3. The number of hydrazine groups is 1. The highest BCUT2D eigenvalue weighted by atomic mass is 19.4. The smallest absolute Gasteiger partial charge is 0.426 e. The van der Waals surface area contributed by atoms with Crippen molar-refractivity contribution in [3.63, 3.8) is 0 Å². The molecule has 0 saturated carbocycles. The van der Waals surface area contributed by atoms with E-state index < -0.39 is 30.4 Å². The van der Waals surface area contributed by atoms with Gasteiger partial charge in [0.2, 0.25) is 0 Å². The van der Waals surface area contributed by atoms with E-state index in [-0.39, 0.29) is 17.0 Å². The first kappa shape index (κ1) is 24.0. The van der Waals surface area contributed by atoms with Crippen molar-refractivity contribution >= 4 is 22.9 Å². The number of nitrogens with zero attached hydrogens (tertiary/aromatic N) is 1. The quantitative estimate of drug-likeness (QED) is 0.677. The third-order valence-corrected chi connectivity index (χ3v) is 3.67. The maximum atomic E-state index is 12.7. The van der Waals surface area contributed by atoms with Gasteiger partial charge in [-0.05, 0) is 52.3 Å². The molecule has 0 atom stereocenters. The molecule has 0 bridgehead atoms. The molecule has 170 valence electrons. The molecule has 0 unspecified atom stereocenters. The van der Waals surface area contributed by atoms with Gasteiger partial charge in [-0.3, -0.25) is 10.2 Å². The van der Waals surface area contributed by atoms with E-state index in [1.807, 2.05) is 0 Å². The lowest BCUT2D eigenvalue weighted by molar-refractivity contribution is -0.153. The number of hydrogen-bond donors (Lipinski definition) is 2. The summed E-state index contributed by atoms with van der Waals surface area (Å²) in [5, 5.41) is 0.458. The number of amides is 2. The number of carbonyl (C=O) groups is 2. The molecule has 0 fully saturated rings. The molecule has 8 nitrogen and oxygen atoms in total. The highest BCUT2D eigenvalue weighted by molar-refractivity contribution is 5.98. The zero-order chi connectivity index (χ0) is 23.4. The Balaban J connectivity index is 2.35. The Hall–Kier alpha value is -3.24. The number of ether oxygens (including phenoxy) is 3. The molecular weight excluding hydrogens is 419 g/mol. The fourth-order valence-corrected chi connectivity index (χ4v) is 2.55. The maximum Gasteiger partial charge on any atom is 0.426 e. The van der Waals surface area contributed by atoms with E-state index in [4.69, 9.17) is 14.2 Å². The first-order valence-corrected chi connectivity index (χ1v) is 9.36. The summed E-state index contributed by atoms with van der Waals surface area (Å²) in [6, 6.07) is 4.31. The number of halogens is 3. The van der Waals surface area contributed by atoms with Crippen LogP contribution in [0.4, 0.5) is 18.0 Å². The molecular formula is C20H24F3N3O5. The van der Waals surface area contributed by atoms with E-state index in [9.17, 15) is 22.8 Å². The first-order chi connectivity index (χ1) is 14.3. The lowest BCUT2D eigenvalue weighted by Crippen LogP contribution is -2.44. The van der Waals surface area contributed by atoms with E-state index in [1.165, 1.54) is 12.1 Å². The lowest BCUT2D eigenvalue weighted by atomic mass is 10.1. The van der Waals surface area contributed by atoms with E-state index in [0.29, 0.717) is 23.3 Å². The van der Waals surface area contributed by atoms with Crippen LogP contribution in [-0.2, 0) is 4.74 Å². The molecule has 2 aromatic rings. The summed E-state index contributed by atoms with van der Waals surface area (Å²) in [6.07, 6.45) is -5.44. The Kier molecular flexibility index (Phi) is 7.19. The van der Waals surface area contributed by atoms with Crippen LogP contribution in [0, 0.1) is 6.92 Å². The number of fused-ring (bicyclic) bond motifs is 1. The lowest BCUT2D eigenvalue weighted by Gasteiger charge is -2.19. The van der Waals surface area contributed by atoms with Gasteiger partial charge in [0.05, 0.1) is 6.61 Å². The van der Waals surface area contributed by atoms with Gasteiger partial charge in [-0.15, -0.1) is 0 Å². The standard InChI is InChI=1S/C20H24F3N3O5/c1-6-29-12-8-13-11(2)7-14(17(27)25-26-18(28)31-19(3,4)5)24-16(13)15(9-12)30-10-20(21,22)23/h7-9H,6,10H2,1-5H3,(H,25,27)(H,26,28). The second kappa shape index (κ2) is 9.27. The van der Waals surface area contributed by atoms with Gasteiger partial charge < -0.3 is 14.2 Å². The van der Waals surface area contributed by atoms with E-state index in [0.717, 1.165) is 0 Å². The third-order valence-electron chi connectivity index (χ3n) is 3.67. The zero-order valence-corrected chi connectivity index (χ0v) is 17.8. The van der Waals surface area contributed by atoms with Crippen molar-refractivity contribution in [1.29, 1.82) is 0 Å². The van der Waals surface area contributed by atoms with Crippen LogP contribution < -0.4 is 20.3 Å². The van der Waals surface area contributed by atoms with E-state index in [2.05, 4.69) is 15.8 Å². The van der Waals surface area contributed by atoms with Crippen LogP contribution in [0.5, 0.6) is 11.5 Å². The molecule has 0 radical (unpaired) electrons. The zero-order valence-electron chi connectivity index (χ0n) is 17.8. The molecule has 2 N–H and O–H groups in total. The molecule has 2 rings (SSSR count). The van der Waals surface area contributed by atoms with Crippen LogP contribution >= 0.6 is 0 Å². The molecule has 1 aromatic carbocycles. The van der Waals surface area contributed by atoms with Gasteiger partial charge in [0, 0.05) is 11.5 Å². The summed E-state index contributed by atoms with van der Waals surface area (Å²) in [5.41, 5.74) is 3.93. The van der Waals surface area contributed by atoms with Crippen LogP contribution in [0.2, 0.25) is 0 Å². The summed E-state index contributed by atoms with van der Waals surface area (Å²) in [5.74, 6) is -0.663. The molecule has 2 amide bonds. The van der Waals surface area contributed by atoms with Gasteiger partial charge >= 0.3 is 12.3 Å². The van der Waals surface area contributed by atoms with E-state index >= 15 is 0 Å². The van der Waals surface area contributed by atoms with Crippen LogP contribution in [0.3, 0.4) is 0 Å². The number of aromatic nitrogens is 1. The van der Waals surface area contributed by atoms with Gasteiger partial charge in [-0.25, -0.2) is 15.2 Å². The molecule has 0 saturated heterocycles. The highest BCUT2D eigenvalue weighted by Crippen LogP contribution is 2.33. The molecule has 11 heteroatoms.